The molecule has 0 saturated carbocycles. The molecule has 2 nitrogen and oxygen atoms in total. The van der Waals surface area contributed by atoms with Gasteiger partial charge in [-0.05, 0) is 31.2 Å². The Kier molecular flexibility index (Phi) is 3.40. The summed E-state index contributed by atoms with van der Waals surface area (Å²) in [7, 11) is 0. The maximum absolute atomic E-state index is 13.0. The van der Waals surface area contributed by atoms with Gasteiger partial charge in [0.2, 0.25) is 0 Å². The molecule has 2 aromatic rings. The second-order valence-electron chi connectivity index (χ2n) is 3.94. The molecule has 19 heavy (non-hydrogen) atoms. The van der Waals surface area contributed by atoms with E-state index < -0.39 is 17.6 Å². The van der Waals surface area contributed by atoms with Crippen molar-refractivity contribution >= 4 is 12.2 Å². The highest BCUT2D eigenvalue weighted by molar-refractivity contribution is 7.71. The quantitative estimate of drug-likeness (QED) is 0.627. The van der Waals surface area contributed by atoms with Gasteiger partial charge in [0.15, 0.2) is 0 Å². The normalized spacial score (nSPS) is 11.6. The minimum Gasteiger partial charge on any atom is -0.343 e. The number of aryl methyl sites for hydroxylation is 1. The molecule has 0 aliphatic rings. The average molecular weight is 288 g/mol. The number of H-pyrrole nitrogens is 1. The monoisotopic (exact) mass is 288 g/mol. The number of aromatic amines is 1. The summed E-state index contributed by atoms with van der Waals surface area (Å²) in [5, 5.41) is 0. The van der Waals surface area contributed by atoms with E-state index in [9.17, 15) is 17.6 Å². The van der Waals surface area contributed by atoms with Crippen molar-refractivity contribution in [3.63, 3.8) is 0 Å². The molecule has 0 unspecified atom stereocenters. The highest BCUT2D eigenvalue weighted by Gasteiger charge is 2.34. The SMILES string of the molecule is Cc1cc(=S)nc(-c2ccc(F)cc2C(F)(F)F)[nH]1. The topological polar surface area (TPSA) is 28.7 Å². The summed E-state index contributed by atoms with van der Waals surface area (Å²) in [6, 6.07) is 3.95. The highest BCUT2D eigenvalue weighted by atomic mass is 32.1. The van der Waals surface area contributed by atoms with E-state index in [1.54, 1.807) is 6.92 Å². The molecule has 0 aliphatic carbocycles. The number of hydrogen-bond donors (Lipinski definition) is 1. The zero-order valence-corrected chi connectivity index (χ0v) is 10.5. The van der Waals surface area contributed by atoms with E-state index in [4.69, 9.17) is 12.2 Å². The van der Waals surface area contributed by atoms with Crippen molar-refractivity contribution in [3.8, 4) is 11.4 Å². The number of nitrogens with zero attached hydrogens (tertiary/aromatic N) is 1. The number of benzene rings is 1. The third-order valence-electron chi connectivity index (χ3n) is 2.42. The summed E-state index contributed by atoms with van der Waals surface area (Å²) >= 11 is 4.86. The van der Waals surface area contributed by atoms with Gasteiger partial charge in [0, 0.05) is 11.3 Å². The molecule has 0 spiro atoms. The average Bonchev–Trinajstić information content (AvgIpc) is 2.26. The molecule has 1 N–H and O–H groups in total. The van der Waals surface area contributed by atoms with E-state index in [0.29, 0.717) is 11.8 Å². The second-order valence-corrected chi connectivity index (χ2v) is 4.36. The molecule has 1 heterocycles. The van der Waals surface area contributed by atoms with E-state index in [1.807, 2.05) is 0 Å². The third-order valence-corrected chi connectivity index (χ3v) is 2.63. The predicted molar refractivity (Wildman–Crippen MR) is 64.6 cm³/mol. The van der Waals surface area contributed by atoms with Crippen LogP contribution in [-0.2, 0) is 6.18 Å². The fourth-order valence-electron chi connectivity index (χ4n) is 1.66. The summed E-state index contributed by atoms with van der Waals surface area (Å²) in [4.78, 5) is 6.54. The first-order valence-electron chi connectivity index (χ1n) is 5.22. The number of hydrogen-bond acceptors (Lipinski definition) is 2. The van der Waals surface area contributed by atoms with Gasteiger partial charge in [0.05, 0.1) is 5.56 Å². The summed E-state index contributed by atoms with van der Waals surface area (Å²) in [6.45, 7) is 1.65. The van der Waals surface area contributed by atoms with Crippen LogP contribution in [0.1, 0.15) is 11.3 Å². The van der Waals surface area contributed by atoms with E-state index in [1.165, 1.54) is 6.07 Å². The smallest absolute Gasteiger partial charge is 0.343 e. The lowest BCUT2D eigenvalue weighted by molar-refractivity contribution is -0.137. The van der Waals surface area contributed by atoms with Crippen LogP contribution in [0.2, 0.25) is 0 Å². The van der Waals surface area contributed by atoms with Crippen LogP contribution < -0.4 is 0 Å². The van der Waals surface area contributed by atoms with Gasteiger partial charge in [0.25, 0.3) is 0 Å². The van der Waals surface area contributed by atoms with Crippen molar-refractivity contribution in [1.29, 1.82) is 0 Å². The summed E-state index contributed by atoms with van der Waals surface area (Å²) in [6.07, 6.45) is -4.67. The van der Waals surface area contributed by atoms with Gasteiger partial charge in [-0.1, -0.05) is 12.2 Å². The maximum atomic E-state index is 13.0. The van der Waals surface area contributed by atoms with Gasteiger partial charge in [0.1, 0.15) is 16.3 Å². The van der Waals surface area contributed by atoms with Gasteiger partial charge in [-0.15, -0.1) is 0 Å². The molecule has 7 heteroatoms. The summed E-state index contributed by atoms with van der Waals surface area (Å²) < 4.78 is 51.8. The molecule has 1 aromatic heterocycles. The number of nitrogens with one attached hydrogen (secondary N) is 1. The molecule has 0 saturated heterocycles. The van der Waals surface area contributed by atoms with Crippen LogP contribution in [0.15, 0.2) is 24.3 Å². The van der Waals surface area contributed by atoms with Crippen LogP contribution >= 0.6 is 12.2 Å². The van der Waals surface area contributed by atoms with Crippen LogP contribution in [0, 0.1) is 17.4 Å². The number of alkyl halides is 3. The van der Waals surface area contributed by atoms with Crippen LogP contribution in [0.25, 0.3) is 11.4 Å². The first kappa shape index (κ1) is 13.7. The van der Waals surface area contributed by atoms with Crippen molar-refractivity contribution in [2.45, 2.75) is 13.1 Å². The van der Waals surface area contributed by atoms with Crippen LogP contribution in [0.5, 0.6) is 0 Å². The first-order valence-corrected chi connectivity index (χ1v) is 5.63. The van der Waals surface area contributed by atoms with Crippen molar-refractivity contribution in [2.24, 2.45) is 0 Å². The Morgan fingerprint density at radius 3 is 2.47 bits per heavy atom. The molecule has 1 aromatic carbocycles. The van der Waals surface area contributed by atoms with Crippen LogP contribution in [0.4, 0.5) is 17.6 Å². The number of rotatable bonds is 1. The lowest BCUT2D eigenvalue weighted by Gasteiger charge is -2.12. The number of halogens is 4. The van der Waals surface area contributed by atoms with E-state index in [0.717, 1.165) is 12.1 Å². The minimum atomic E-state index is -4.67. The fourth-order valence-corrected chi connectivity index (χ4v) is 1.93. The fraction of sp³-hybridized carbons (Fsp3) is 0.167. The van der Waals surface area contributed by atoms with Gasteiger partial charge >= 0.3 is 6.18 Å². The molecule has 0 bridgehead atoms. The van der Waals surface area contributed by atoms with E-state index >= 15 is 0 Å². The first-order chi connectivity index (χ1) is 8.77. The number of aromatic nitrogens is 2. The third kappa shape index (κ3) is 2.98. The Morgan fingerprint density at radius 2 is 1.89 bits per heavy atom. The second kappa shape index (κ2) is 4.73. The van der Waals surface area contributed by atoms with Crippen molar-refractivity contribution in [2.75, 3.05) is 0 Å². The Labute approximate surface area is 111 Å². The predicted octanol–water partition coefficient (Wildman–Crippen LogP) is 4.27. The maximum Gasteiger partial charge on any atom is 0.417 e. The molecule has 100 valence electrons. The molecular formula is C12H8F4N2S. The Bertz CT molecular complexity index is 676. The van der Waals surface area contributed by atoms with Gasteiger partial charge < -0.3 is 4.98 Å². The van der Waals surface area contributed by atoms with Gasteiger partial charge in [-0.25, -0.2) is 9.37 Å². The molecule has 0 amide bonds. The van der Waals surface area contributed by atoms with Crippen LogP contribution in [-0.4, -0.2) is 9.97 Å². The Morgan fingerprint density at radius 1 is 1.21 bits per heavy atom. The zero-order chi connectivity index (χ0) is 14.2. The standard InChI is InChI=1S/C12H8F4N2S/c1-6-4-10(19)18-11(17-6)8-3-2-7(13)5-9(8)12(14,15)16/h2-5H,1H3,(H,17,18,19). The molecular weight excluding hydrogens is 280 g/mol. The van der Waals surface area contributed by atoms with E-state index in [-0.39, 0.29) is 16.0 Å². The molecule has 2 rings (SSSR count). The molecule has 0 radical (unpaired) electrons. The largest absolute Gasteiger partial charge is 0.417 e. The zero-order valence-electron chi connectivity index (χ0n) is 9.68. The minimum absolute atomic E-state index is 0.0303. The van der Waals surface area contributed by atoms with Crippen LogP contribution in [0.3, 0.4) is 0 Å². The van der Waals surface area contributed by atoms with E-state index in [2.05, 4.69) is 9.97 Å². The Hall–Kier alpha value is -1.76. The highest BCUT2D eigenvalue weighted by Crippen LogP contribution is 2.36. The van der Waals surface area contributed by atoms with Gasteiger partial charge in [-0.3, -0.25) is 0 Å². The van der Waals surface area contributed by atoms with Gasteiger partial charge in [-0.2, -0.15) is 13.2 Å². The van der Waals surface area contributed by atoms with Crippen molar-refractivity contribution in [1.82, 2.24) is 9.97 Å². The molecule has 0 aliphatic heterocycles. The lowest BCUT2D eigenvalue weighted by atomic mass is 10.1. The van der Waals surface area contributed by atoms with Crippen molar-refractivity contribution in [3.05, 3.63) is 46.0 Å². The summed E-state index contributed by atoms with van der Waals surface area (Å²) in [5.74, 6) is -0.986. The summed E-state index contributed by atoms with van der Waals surface area (Å²) in [5.41, 5.74) is -0.743. The molecule has 0 fully saturated rings. The Balaban J connectivity index is 2.72. The lowest BCUT2D eigenvalue weighted by Crippen LogP contribution is -2.09. The molecule has 0 atom stereocenters. The van der Waals surface area contributed by atoms with Crippen molar-refractivity contribution < 1.29 is 17.6 Å².